The van der Waals surface area contributed by atoms with Crippen molar-refractivity contribution in [2.45, 2.75) is 241 Å². The first-order chi connectivity index (χ1) is 68.0. The minimum Gasteiger partial charge on any atom is -0.445 e. The molecule has 4 aromatic heterocycles. The van der Waals surface area contributed by atoms with Crippen molar-refractivity contribution in [1.82, 2.24) is 124 Å². The highest BCUT2D eigenvalue weighted by molar-refractivity contribution is 6.00. The fourth-order valence-corrected chi connectivity index (χ4v) is 17.5. The fraction of sp³-hybridized carbons (Fsp3) is 0.510. The number of nitrogens with zero attached hydrogens (tertiary/aromatic N) is 6. The number of aryl methyl sites for hydroxylation is 4. The van der Waals surface area contributed by atoms with Gasteiger partial charge in [-0.15, -0.1) is 0 Å². The zero-order valence-electron chi connectivity index (χ0n) is 79.2. The summed E-state index contributed by atoms with van der Waals surface area (Å²) in [6, 6.07) is 11.4. The molecule has 3 aliphatic rings. The van der Waals surface area contributed by atoms with E-state index in [2.05, 4.69) is 127 Å². The van der Waals surface area contributed by atoms with E-state index in [4.69, 9.17) is 9.47 Å². The molecule has 0 radical (unpaired) electrons. The number of rotatable bonds is 46. The minimum absolute atomic E-state index is 0.00606. The van der Waals surface area contributed by atoms with E-state index in [0.29, 0.717) is 51.4 Å². The Bertz CT molecular complexity index is 5240. The highest BCUT2D eigenvalue weighted by Crippen LogP contribution is 2.26. The average Bonchev–Trinajstić information content (AvgIpc) is 1.64. The molecule has 0 aliphatic carbocycles. The first-order valence-electron chi connectivity index (χ1n) is 48.7. The Labute approximate surface area is 810 Å². The molecule has 140 heavy (non-hydrogen) atoms. The van der Waals surface area contributed by atoms with E-state index in [-0.39, 0.29) is 230 Å². The summed E-state index contributed by atoms with van der Waals surface area (Å²) in [6.45, 7) is 6.27. The summed E-state index contributed by atoms with van der Waals surface area (Å²) in [6.07, 6.45) is 12.7. The monoisotopic (exact) mass is 1930 g/mol. The van der Waals surface area contributed by atoms with Crippen LogP contribution < -0.4 is 74.4 Å². The van der Waals surface area contributed by atoms with Crippen LogP contribution in [0.2, 0.25) is 0 Å². The third-order valence-corrected chi connectivity index (χ3v) is 25.0. The van der Waals surface area contributed by atoms with Crippen molar-refractivity contribution in [1.29, 1.82) is 0 Å². The van der Waals surface area contributed by atoms with Crippen LogP contribution in [0.25, 0.3) is 44.1 Å². The van der Waals surface area contributed by atoms with Gasteiger partial charge in [-0.05, 0) is 213 Å². The molecule has 42 heteroatoms. The molecule has 0 spiro atoms. The fourth-order valence-electron chi connectivity index (χ4n) is 17.5. The molecule has 8 aromatic rings. The number of alkyl carbamates (subject to hydrolysis) is 2. The second-order valence-electron chi connectivity index (χ2n) is 35.2. The number of hydrogen-bond donors (Lipinski definition) is 18. The van der Waals surface area contributed by atoms with E-state index in [1.807, 2.05) is 72.8 Å². The van der Waals surface area contributed by atoms with Crippen LogP contribution >= 0.6 is 0 Å². The number of H-pyrrole nitrogens is 4. The molecular formula is C98H132N24O18. The molecule has 16 amide bonds. The van der Waals surface area contributed by atoms with Gasteiger partial charge in [-0.3, -0.25) is 67.1 Å². The van der Waals surface area contributed by atoms with E-state index in [1.54, 1.807) is 25.3 Å². The topological polar surface area (TPSA) is 581 Å². The highest BCUT2D eigenvalue weighted by atomic mass is 16.6. The number of carbonyl (C=O) groups is 16. The van der Waals surface area contributed by atoms with Crippen LogP contribution in [0, 0.1) is 0 Å². The maximum absolute atomic E-state index is 15.5. The average molecular weight is 1930 g/mol. The van der Waals surface area contributed by atoms with Crippen LogP contribution in [0.4, 0.5) is 9.59 Å². The summed E-state index contributed by atoms with van der Waals surface area (Å²) in [7, 11) is 0. The summed E-state index contributed by atoms with van der Waals surface area (Å²) in [5.41, 5.74) is 9.72. The first kappa shape index (κ1) is 106. The number of imidazole rings is 4. The Morgan fingerprint density at radius 1 is 0.343 bits per heavy atom. The zero-order valence-corrected chi connectivity index (χ0v) is 79.2. The van der Waals surface area contributed by atoms with Crippen molar-refractivity contribution < 1.29 is 86.2 Å². The number of aromatic amines is 4. The molecule has 3 fully saturated rings. The molecule has 42 nitrogen and oxygen atoms in total. The van der Waals surface area contributed by atoms with Crippen molar-refractivity contribution in [2.75, 3.05) is 78.7 Å². The van der Waals surface area contributed by atoms with Gasteiger partial charge in [0.2, 0.25) is 82.7 Å². The standard InChI is InChI=1S/C98H132N24O18/c1-3-55-139-97(137)103-51-15-7-29-73-91(131)119-75(31-9-13-49-101-81(125)45-41-65-25-19-35-69-87(65)113-61-109-69)95(135)121-53-21-37-77(121)93(133)106-58-84(128)116-72(28-6-12-48-100-80(124)44-40-64-24-18-34-68-86(64)112-60-108-68)90(130)118-74(30-8-16-52-104-98(138)140-56-4-2)92(132)120-76(32-10-14-50-102-82(126)46-42-66-26-20-36-70-88(66)114-62-110-70)96(136)122-54-22-38-78(122)94(134)105-57-83(127)115-71(89(129)117-73)27-5-11-47-99-79(123)43-39-63-23-17-33-67-85(63)111-59-107-67/h3-4,17-20,23-26,33-36,59-62,71-78H,1-2,5-16,21-22,27-32,37-58H2,(H,99,123)(H,100,124)(H,101,125)(H,102,126)(H,103,137)(H,104,138)(H,105,134)(H,106,133)(H,107,111)(H,108,112)(H,109,113)(H,110,114)(H,115,127)(H,116,128)(H,117,129)(H,118,130)(H,119,131)(H,120,132)/t71-,72-,73-,74-,75-,76-,77-,78-/m0/s1. The third-order valence-electron chi connectivity index (χ3n) is 25.0. The van der Waals surface area contributed by atoms with Crippen LogP contribution in [-0.2, 0) is 102 Å². The second-order valence-corrected chi connectivity index (χ2v) is 35.2. The van der Waals surface area contributed by atoms with E-state index in [0.717, 1.165) is 66.4 Å². The number of unbranched alkanes of at least 4 members (excludes halogenated alkanes) is 6. The summed E-state index contributed by atoms with van der Waals surface area (Å²) < 4.78 is 10.2. The first-order valence-corrected chi connectivity index (χ1v) is 48.7. The number of benzene rings is 4. The lowest BCUT2D eigenvalue weighted by Gasteiger charge is -2.31. The van der Waals surface area contributed by atoms with Gasteiger partial charge >= 0.3 is 12.2 Å². The summed E-state index contributed by atoms with van der Waals surface area (Å²) in [4.78, 5) is 262. The molecule has 0 bridgehead atoms. The van der Waals surface area contributed by atoms with E-state index in [1.165, 1.54) is 22.0 Å². The van der Waals surface area contributed by atoms with Crippen molar-refractivity contribution in [3.63, 3.8) is 0 Å². The number of ether oxygens (including phenoxy) is 2. The molecule has 4 aromatic carbocycles. The van der Waals surface area contributed by atoms with Gasteiger partial charge in [0, 0.05) is 78.0 Å². The normalized spacial score (nSPS) is 19.0. The van der Waals surface area contributed by atoms with Gasteiger partial charge in [-0.2, -0.15) is 0 Å². The van der Waals surface area contributed by atoms with Gasteiger partial charge in [0.05, 0.1) is 82.5 Å². The molecule has 18 N–H and O–H groups in total. The summed E-state index contributed by atoms with van der Waals surface area (Å²) in [5.74, 6) is -9.17. The molecule has 11 rings (SSSR count). The maximum atomic E-state index is 15.5. The van der Waals surface area contributed by atoms with Gasteiger partial charge in [0.1, 0.15) is 61.5 Å². The molecule has 8 atom stereocenters. The number of hydrogen-bond acceptors (Lipinski definition) is 22. The lowest BCUT2D eigenvalue weighted by molar-refractivity contribution is -0.142. The Morgan fingerprint density at radius 3 is 0.893 bits per heavy atom. The number of nitrogens with one attached hydrogen (secondary N) is 18. The van der Waals surface area contributed by atoms with E-state index in [9.17, 15) is 47.9 Å². The second kappa shape index (κ2) is 56.3. The van der Waals surface area contributed by atoms with E-state index < -0.39 is 133 Å². The smallest absolute Gasteiger partial charge is 0.407 e. The third kappa shape index (κ3) is 33.3. The largest absolute Gasteiger partial charge is 0.445 e. The lowest BCUT2D eigenvalue weighted by atomic mass is 10.0. The van der Waals surface area contributed by atoms with Gasteiger partial charge in [0.15, 0.2) is 0 Å². The molecule has 3 aliphatic heterocycles. The number of carbonyl (C=O) groups excluding carboxylic acids is 16. The van der Waals surface area contributed by atoms with Crippen LogP contribution in [-0.4, -0.2) is 272 Å². The Morgan fingerprint density at radius 2 is 0.607 bits per heavy atom. The van der Waals surface area contributed by atoms with Gasteiger partial charge in [0.25, 0.3) is 0 Å². The lowest BCUT2D eigenvalue weighted by Crippen LogP contribution is -2.59. The summed E-state index contributed by atoms with van der Waals surface area (Å²) in [5, 5.41) is 39.2. The number of aromatic nitrogens is 8. The van der Waals surface area contributed by atoms with Crippen molar-refractivity contribution in [2.24, 2.45) is 0 Å². The molecule has 3 saturated heterocycles. The zero-order chi connectivity index (χ0) is 99.3. The molecular weight excluding hydrogens is 1800 g/mol. The van der Waals surface area contributed by atoms with Gasteiger partial charge in [-0.1, -0.05) is 73.8 Å². The number of fused-ring (bicyclic) bond motifs is 6. The predicted octanol–water partition coefficient (Wildman–Crippen LogP) is 4.47. The van der Waals surface area contributed by atoms with Crippen LogP contribution in [0.5, 0.6) is 0 Å². The maximum Gasteiger partial charge on any atom is 0.407 e. The molecule has 752 valence electrons. The highest BCUT2D eigenvalue weighted by Gasteiger charge is 2.42. The van der Waals surface area contributed by atoms with Gasteiger partial charge < -0.3 is 114 Å². The van der Waals surface area contributed by atoms with Crippen molar-refractivity contribution >= 4 is 139 Å². The minimum atomic E-state index is -1.47. The van der Waals surface area contributed by atoms with Crippen molar-refractivity contribution in [3.8, 4) is 0 Å². The molecule has 0 saturated carbocycles. The van der Waals surface area contributed by atoms with Gasteiger partial charge in [-0.25, -0.2) is 29.5 Å². The quantitative estimate of drug-likeness (QED) is 0.0185. The molecule has 0 unspecified atom stereocenters. The predicted molar refractivity (Wildman–Crippen MR) is 519 cm³/mol. The Kier molecular flexibility index (Phi) is 42.5. The molecule has 7 heterocycles. The number of amides is 16. The van der Waals surface area contributed by atoms with E-state index >= 15 is 28.8 Å². The van der Waals surface area contributed by atoms with Crippen LogP contribution in [0.3, 0.4) is 0 Å². The van der Waals surface area contributed by atoms with Crippen molar-refractivity contribution in [3.05, 3.63) is 146 Å². The van der Waals surface area contributed by atoms with Crippen LogP contribution in [0.1, 0.15) is 189 Å². The Hall–Kier alpha value is -14.6. The number of para-hydroxylation sites is 4. The SMILES string of the molecule is C=CCOC(=O)NCCCC[C@@H]1NC(=O)[C@H](CCCCNC(=O)CCc2cccc3[nH]cnc23)NC(=O)CNC(=O)[C@@H]2CCCN2C(=O)[C@H](CCCCNC(=O)CCc2cccc3[nH]cnc23)NC(=O)[C@H](CCCCNC(=O)OCC=C)NC(=O)[C@H](CCCCNC(=O)CCc2cccc3[nH]cnc23)NC(=O)CNC(=O)[C@@H]2CCCN2C(=O)[C@H](CCCCNC(=O)CCc2cccc3[nH]cnc23)NC1=O. The summed E-state index contributed by atoms with van der Waals surface area (Å²) >= 11 is 0. The Balaban J connectivity index is 0.863. The van der Waals surface area contributed by atoms with Crippen LogP contribution in [0.15, 0.2) is 123 Å².